The molecule has 2 aromatic carbocycles. The molecule has 2 saturated heterocycles. The van der Waals surface area contributed by atoms with Crippen molar-refractivity contribution < 1.29 is 28.4 Å². The van der Waals surface area contributed by atoms with Crippen molar-refractivity contribution in [2.45, 2.75) is 51.6 Å². The van der Waals surface area contributed by atoms with Crippen LogP contribution in [0.2, 0.25) is 0 Å². The van der Waals surface area contributed by atoms with E-state index in [1.54, 1.807) is 11.0 Å². The van der Waals surface area contributed by atoms with E-state index in [1.165, 1.54) is 12.1 Å². The van der Waals surface area contributed by atoms with Gasteiger partial charge in [-0.1, -0.05) is 0 Å². The van der Waals surface area contributed by atoms with E-state index >= 15 is 0 Å². The summed E-state index contributed by atoms with van der Waals surface area (Å²) in [6, 6.07) is 9.52. The molecule has 8 rings (SSSR count). The first-order valence-corrected chi connectivity index (χ1v) is 17.3. The van der Waals surface area contributed by atoms with E-state index in [2.05, 4.69) is 30.7 Å². The number of imide groups is 1. The summed E-state index contributed by atoms with van der Waals surface area (Å²) >= 11 is 0. The number of rotatable bonds is 7. The number of piperidine rings is 1. The van der Waals surface area contributed by atoms with Gasteiger partial charge in [-0.25, -0.2) is 4.39 Å². The number of aryl methyl sites for hydroxylation is 1. The number of piperazine rings is 1. The second kappa shape index (κ2) is 12.5. The zero-order valence-corrected chi connectivity index (χ0v) is 27.8. The van der Waals surface area contributed by atoms with Crippen LogP contribution >= 0.6 is 0 Å². The number of carbonyl (C=O) groups excluding carboxylic acids is 5. The van der Waals surface area contributed by atoms with Gasteiger partial charge in [-0.15, -0.1) is 0 Å². The Balaban J connectivity index is 0.833. The van der Waals surface area contributed by atoms with Crippen LogP contribution in [0.15, 0.2) is 36.4 Å². The topological polar surface area (TPSA) is 147 Å². The van der Waals surface area contributed by atoms with Crippen molar-refractivity contribution in [3.8, 4) is 0 Å². The molecule has 0 saturated carbocycles. The number of nitrogens with one attached hydrogen (secondary N) is 4. The number of amides is 5. The maximum absolute atomic E-state index is 14.0. The van der Waals surface area contributed by atoms with Crippen LogP contribution in [0.25, 0.3) is 11.1 Å². The first-order chi connectivity index (χ1) is 24.2. The fraction of sp³-hybridized carbons (Fsp3) is 0.378. The molecule has 0 bridgehead atoms. The summed E-state index contributed by atoms with van der Waals surface area (Å²) < 4.78 is 14.0. The van der Waals surface area contributed by atoms with Crippen LogP contribution in [0, 0.1) is 12.7 Å². The molecule has 5 aliphatic rings. The molecule has 12 nitrogen and oxygen atoms in total. The predicted molar refractivity (Wildman–Crippen MR) is 184 cm³/mol. The lowest BCUT2D eigenvalue weighted by atomic mass is 9.99. The molecule has 2 fully saturated rings. The van der Waals surface area contributed by atoms with Gasteiger partial charge in [0.1, 0.15) is 11.9 Å². The monoisotopic (exact) mass is 679 g/mol. The normalized spacial score (nSPS) is 21.7. The van der Waals surface area contributed by atoms with Crippen molar-refractivity contribution in [3.63, 3.8) is 0 Å². The average Bonchev–Trinajstić information content (AvgIpc) is 3.83. The first kappa shape index (κ1) is 31.9. The van der Waals surface area contributed by atoms with Crippen LogP contribution in [-0.4, -0.2) is 89.6 Å². The molecule has 13 heteroatoms. The van der Waals surface area contributed by atoms with Crippen LogP contribution in [-0.2, 0) is 27.3 Å². The van der Waals surface area contributed by atoms with Crippen molar-refractivity contribution in [1.29, 1.82) is 0 Å². The van der Waals surface area contributed by atoms with E-state index in [4.69, 9.17) is 0 Å². The fourth-order valence-electron chi connectivity index (χ4n) is 8.14. The summed E-state index contributed by atoms with van der Waals surface area (Å²) in [5.41, 5.74) is 8.04. The molecule has 5 amide bonds. The minimum Gasteiger partial charge on any atom is -0.369 e. The summed E-state index contributed by atoms with van der Waals surface area (Å²) in [5, 5.41) is 8.27. The first-order valence-electron chi connectivity index (χ1n) is 17.3. The molecule has 258 valence electrons. The van der Waals surface area contributed by atoms with E-state index in [0.29, 0.717) is 60.3 Å². The Morgan fingerprint density at radius 2 is 1.78 bits per heavy atom. The lowest BCUT2D eigenvalue weighted by Crippen LogP contribution is -2.52. The molecular weight excluding hydrogens is 641 g/mol. The van der Waals surface area contributed by atoms with Crippen LogP contribution in [0.5, 0.6) is 0 Å². The Kier molecular flexibility index (Phi) is 8.01. The Hall–Kier alpha value is -5.30. The molecule has 5 heterocycles. The standard InChI is InChI=1S/C37H38FN7O5/c1-20-31(25-6-7-26(33(25)40-20)32-27-18-22(38)3-8-28(27)41-36(32)49)35(48)39-11-2-12-43-13-15-44(16-14-43)23-4-5-24-21(17-23)19-45(37(24)50)29-9-10-30(46)42-34(29)47/h3-5,8,17-18,29,40H,2,6-7,9-16,19H2,1H3,(H,39,48)(H,41,49)(H,42,46,47)/b32-26-. The quantitative estimate of drug-likeness (QED) is 0.171. The van der Waals surface area contributed by atoms with E-state index in [1.807, 2.05) is 25.1 Å². The third-order valence-electron chi connectivity index (χ3n) is 10.7. The molecule has 50 heavy (non-hydrogen) atoms. The molecule has 1 aromatic heterocycles. The number of fused-ring (bicyclic) bond motifs is 3. The number of halogens is 1. The van der Waals surface area contributed by atoms with E-state index in [9.17, 15) is 28.4 Å². The van der Waals surface area contributed by atoms with Gasteiger partial charge in [0.2, 0.25) is 11.8 Å². The SMILES string of the molecule is Cc1[nH]c2c(c1C(=O)NCCCN1CCN(c3ccc4c(c3)CN(C3CCC(=O)NC3=O)C4=O)CC1)CC/C2=C1/C(=O)Nc2ccc(F)cc21. The number of H-pyrrole nitrogens is 1. The lowest BCUT2D eigenvalue weighted by molar-refractivity contribution is -0.137. The molecule has 4 N–H and O–H groups in total. The maximum atomic E-state index is 14.0. The number of hydrogen-bond donors (Lipinski definition) is 4. The highest BCUT2D eigenvalue weighted by Gasteiger charge is 2.39. The van der Waals surface area contributed by atoms with E-state index in [0.717, 1.165) is 72.9 Å². The molecule has 0 spiro atoms. The third-order valence-corrected chi connectivity index (χ3v) is 10.7. The van der Waals surface area contributed by atoms with Crippen molar-refractivity contribution in [1.82, 2.24) is 25.4 Å². The van der Waals surface area contributed by atoms with Gasteiger partial charge in [0, 0.05) is 79.6 Å². The number of nitrogens with zero attached hydrogens (tertiary/aromatic N) is 3. The Morgan fingerprint density at radius 3 is 2.58 bits per heavy atom. The number of anilines is 2. The zero-order chi connectivity index (χ0) is 34.7. The minimum absolute atomic E-state index is 0.135. The molecule has 1 aliphatic carbocycles. The highest BCUT2D eigenvalue weighted by molar-refractivity contribution is 6.37. The minimum atomic E-state index is -0.624. The summed E-state index contributed by atoms with van der Waals surface area (Å²) in [5.74, 6) is -1.66. The lowest BCUT2D eigenvalue weighted by Gasteiger charge is -2.36. The van der Waals surface area contributed by atoms with Gasteiger partial charge >= 0.3 is 0 Å². The fourth-order valence-corrected chi connectivity index (χ4v) is 8.14. The molecule has 4 aliphatic heterocycles. The number of allylic oxidation sites excluding steroid dienone is 1. The Bertz CT molecular complexity index is 2010. The largest absolute Gasteiger partial charge is 0.369 e. The second-order valence-corrected chi connectivity index (χ2v) is 13.7. The number of benzene rings is 2. The number of aromatic amines is 1. The van der Waals surface area contributed by atoms with Gasteiger partial charge < -0.3 is 25.4 Å². The van der Waals surface area contributed by atoms with Crippen molar-refractivity contribution in [2.24, 2.45) is 0 Å². The summed E-state index contributed by atoms with van der Waals surface area (Å²) in [6.07, 6.45) is 2.59. The van der Waals surface area contributed by atoms with Crippen molar-refractivity contribution in [2.75, 3.05) is 49.5 Å². The van der Waals surface area contributed by atoms with Gasteiger partial charge in [-0.2, -0.15) is 0 Å². The highest BCUT2D eigenvalue weighted by atomic mass is 19.1. The zero-order valence-electron chi connectivity index (χ0n) is 27.8. The number of aromatic nitrogens is 1. The van der Waals surface area contributed by atoms with Gasteiger partial charge in [0.25, 0.3) is 17.7 Å². The molecule has 3 aromatic rings. The van der Waals surface area contributed by atoms with Crippen LogP contribution in [0.3, 0.4) is 0 Å². The van der Waals surface area contributed by atoms with Crippen LogP contribution < -0.4 is 20.9 Å². The smallest absolute Gasteiger partial charge is 0.256 e. The summed E-state index contributed by atoms with van der Waals surface area (Å²) in [6.45, 7) is 7.00. The van der Waals surface area contributed by atoms with Crippen molar-refractivity contribution in [3.05, 3.63) is 81.4 Å². The van der Waals surface area contributed by atoms with Crippen LogP contribution in [0.1, 0.15) is 74.5 Å². The Labute approximate surface area is 288 Å². The third kappa shape index (κ3) is 5.55. The second-order valence-electron chi connectivity index (χ2n) is 13.7. The van der Waals surface area contributed by atoms with Gasteiger partial charge in [-0.05, 0) is 92.2 Å². The molecule has 1 unspecified atom stereocenters. The van der Waals surface area contributed by atoms with E-state index in [-0.39, 0.29) is 30.0 Å². The molecular formula is C37H38FN7O5. The molecule has 0 radical (unpaired) electrons. The molecule has 1 atom stereocenters. The average molecular weight is 680 g/mol. The van der Waals surface area contributed by atoms with Gasteiger partial charge in [-0.3, -0.25) is 34.2 Å². The summed E-state index contributed by atoms with van der Waals surface area (Å²) in [4.78, 5) is 72.9. The van der Waals surface area contributed by atoms with Gasteiger partial charge in [0.05, 0.1) is 11.1 Å². The van der Waals surface area contributed by atoms with Crippen LogP contribution in [0.4, 0.5) is 15.8 Å². The number of hydrogen-bond acceptors (Lipinski definition) is 7. The van der Waals surface area contributed by atoms with E-state index < -0.39 is 17.8 Å². The van der Waals surface area contributed by atoms with Gasteiger partial charge in [0.15, 0.2) is 0 Å². The summed E-state index contributed by atoms with van der Waals surface area (Å²) in [7, 11) is 0. The maximum Gasteiger partial charge on any atom is 0.256 e. The van der Waals surface area contributed by atoms with Crippen molar-refractivity contribution >= 4 is 52.1 Å². The number of carbonyl (C=O) groups is 5. The Morgan fingerprint density at radius 1 is 0.960 bits per heavy atom. The predicted octanol–water partition coefficient (Wildman–Crippen LogP) is 2.97. The highest BCUT2D eigenvalue weighted by Crippen LogP contribution is 2.44.